The molecule has 0 atom stereocenters. The first-order chi connectivity index (χ1) is 11.8. The summed E-state index contributed by atoms with van der Waals surface area (Å²) in [6.07, 6.45) is 3.91. The zero-order chi connectivity index (χ0) is 16.4. The van der Waals surface area contributed by atoms with Gasteiger partial charge < -0.3 is 5.32 Å². The van der Waals surface area contributed by atoms with Crippen LogP contribution in [0.5, 0.6) is 0 Å². The van der Waals surface area contributed by atoms with Gasteiger partial charge in [-0.2, -0.15) is 0 Å². The molecule has 3 aromatic rings. The van der Waals surface area contributed by atoms with E-state index in [0.29, 0.717) is 6.04 Å². The van der Waals surface area contributed by atoms with Crippen LogP contribution in [0.3, 0.4) is 0 Å². The van der Waals surface area contributed by atoms with Crippen LogP contribution < -0.4 is 5.32 Å². The molecule has 3 heterocycles. The number of aromatic nitrogens is 2. The number of likely N-dealkylation sites (tertiary alicyclic amines) is 1. The summed E-state index contributed by atoms with van der Waals surface area (Å²) in [5.41, 5.74) is 1.32. The minimum atomic E-state index is 0.476. The maximum absolute atomic E-state index is 5.95. The van der Waals surface area contributed by atoms with Gasteiger partial charge in [0.1, 0.15) is 17.0 Å². The predicted molar refractivity (Wildman–Crippen MR) is 101 cm³/mol. The van der Waals surface area contributed by atoms with Gasteiger partial charge in [0.05, 0.1) is 5.39 Å². The lowest BCUT2D eigenvalue weighted by molar-refractivity contribution is 0.211. The molecule has 4 nitrogen and oxygen atoms in total. The van der Waals surface area contributed by atoms with Crippen molar-refractivity contribution in [2.75, 3.05) is 18.4 Å². The van der Waals surface area contributed by atoms with Crippen LogP contribution in [-0.2, 0) is 6.54 Å². The molecule has 0 amide bonds. The Hall–Kier alpha value is -1.69. The maximum Gasteiger partial charge on any atom is 0.138 e. The molecule has 124 valence electrons. The third-order valence-corrected chi connectivity index (χ3v) is 5.58. The summed E-state index contributed by atoms with van der Waals surface area (Å²) in [6, 6.07) is 10.7. The first-order valence-electron chi connectivity index (χ1n) is 8.19. The zero-order valence-corrected chi connectivity index (χ0v) is 14.9. The molecule has 1 aliphatic rings. The number of nitrogens with one attached hydrogen (secondary N) is 1. The number of benzene rings is 1. The molecule has 4 rings (SSSR count). The number of anilines is 1. The molecular weight excluding hydrogens is 340 g/mol. The molecule has 1 aromatic carbocycles. The van der Waals surface area contributed by atoms with Crippen molar-refractivity contribution in [2.45, 2.75) is 25.4 Å². The van der Waals surface area contributed by atoms with Gasteiger partial charge in [-0.3, -0.25) is 4.90 Å². The molecule has 0 unspecified atom stereocenters. The average Bonchev–Trinajstić information content (AvgIpc) is 3.08. The van der Waals surface area contributed by atoms with Crippen LogP contribution >= 0.6 is 22.9 Å². The number of nitrogens with zero attached hydrogens (tertiary/aromatic N) is 3. The molecule has 0 radical (unpaired) electrons. The van der Waals surface area contributed by atoms with E-state index in [2.05, 4.69) is 43.8 Å². The van der Waals surface area contributed by atoms with Gasteiger partial charge in [0.15, 0.2) is 0 Å². The first-order valence-corrected chi connectivity index (χ1v) is 9.45. The van der Waals surface area contributed by atoms with Gasteiger partial charge in [-0.15, -0.1) is 11.3 Å². The highest BCUT2D eigenvalue weighted by molar-refractivity contribution is 7.16. The fourth-order valence-corrected chi connectivity index (χ4v) is 4.04. The van der Waals surface area contributed by atoms with E-state index in [1.165, 1.54) is 5.56 Å². The normalized spacial score (nSPS) is 16.5. The predicted octanol–water partition coefficient (Wildman–Crippen LogP) is 4.42. The highest BCUT2D eigenvalue weighted by Gasteiger charge is 2.20. The third kappa shape index (κ3) is 3.53. The summed E-state index contributed by atoms with van der Waals surface area (Å²) < 4.78 is 0. The monoisotopic (exact) mass is 358 g/mol. The Morgan fingerprint density at radius 1 is 1.12 bits per heavy atom. The van der Waals surface area contributed by atoms with Crippen LogP contribution in [0.25, 0.3) is 10.2 Å². The van der Waals surface area contributed by atoms with E-state index in [9.17, 15) is 0 Å². The lowest BCUT2D eigenvalue weighted by atomic mass is 10.0. The highest BCUT2D eigenvalue weighted by atomic mass is 35.5. The van der Waals surface area contributed by atoms with Gasteiger partial charge in [0.25, 0.3) is 0 Å². The summed E-state index contributed by atoms with van der Waals surface area (Å²) in [5, 5.41) is 7.61. The number of thiophene rings is 1. The van der Waals surface area contributed by atoms with Crippen molar-refractivity contribution < 1.29 is 0 Å². The van der Waals surface area contributed by atoms with E-state index in [1.807, 2.05) is 12.1 Å². The number of halogens is 1. The minimum Gasteiger partial charge on any atom is -0.367 e. The number of piperidine rings is 1. The van der Waals surface area contributed by atoms with Crippen LogP contribution in [-0.4, -0.2) is 34.0 Å². The SMILES string of the molecule is Clc1ccc(CN2CCC(Nc3ncnc4sccc34)CC2)cc1. The average molecular weight is 359 g/mol. The number of hydrogen-bond donors (Lipinski definition) is 1. The Balaban J connectivity index is 1.34. The minimum absolute atomic E-state index is 0.476. The fraction of sp³-hybridized carbons (Fsp3) is 0.333. The van der Waals surface area contributed by atoms with E-state index >= 15 is 0 Å². The van der Waals surface area contributed by atoms with E-state index < -0.39 is 0 Å². The Morgan fingerprint density at radius 2 is 1.92 bits per heavy atom. The van der Waals surface area contributed by atoms with Gasteiger partial charge in [-0.1, -0.05) is 23.7 Å². The number of fused-ring (bicyclic) bond motifs is 1. The molecule has 2 aromatic heterocycles. The molecule has 1 saturated heterocycles. The van der Waals surface area contributed by atoms with Gasteiger partial charge in [0.2, 0.25) is 0 Å². The lowest BCUT2D eigenvalue weighted by Gasteiger charge is -2.32. The molecule has 6 heteroatoms. The first kappa shape index (κ1) is 15.8. The van der Waals surface area contributed by atoms with Crippen molar-refractivity contribution in [2.24, 2.45) is 0 Å². The maximum atomic E-state index is 5.95. The Morgan fingerprint density at radius 3 is 2.71 bits per heavy atom. The summed E-state index contributed by atoms with van der Waals surface area (Å²) in [4.78, 5) is 12.3. The molecule has 0 spiro atoms. The van der Waals surface area contributed by atoms with Crippen LogP contribution in [0.15, 0.2) is 42.0 Å². The van der Waals surface area contributed by atoms with Crippen molar-refractivity contribution in [3.63, 3.8) is 0 Å². The fourth-order valence-electron chi connectivity index (χ4n) is 3.18. The summed E-state index contributed by atoms with van der Waals surface area (Å²) in [5.74, 6) is 0.970. The quantitative estimate of drug-likeness (QED) is 0.749. The smallest absolute Gasteiger partial charge is 0.138 e. The zero-order valence-electron chi connectivity index (χ0n) is 13.3. The van der Waals surface area contributed by atoms with Gasteiger partial charge in [0, 0.05) is 30.7 Å². The van der Waals surface area contributed by atoms with Crippen LogP contribution in [0.1, 0.15) is 18.4 Å². The molecular formula is C18H19ClN4S. The Kier molecular flexibility index (Phi) is 4.65. The summed E-state index contributed by atoms with van der Waals surface area (Å²) in [7, 11) is 0. The topological polar surface area (TPSA) is 41.0 Å². The van der Waals surface area contributed by atoms with Gasteiger partial charge in [-0.25, -0.2) is 9.97 Å². The second kappa shape index (κ2) is 7.05. The van der Waals surface area contributed by atoms with Crippen molar-refractivity contribution in [3.05, 3.63) is 52.6 Å². The molecule has 1 fully saturated rings. The number of hydrogen-bond acceptors (Lipinski definition) is 5. The van der Waals surface area contributed by atoms with Crippen molar-refractivity contribution >= 4 is 39.0 Å². The second-order valence-corrected chi connectivity index (χ2v) is 7.51. The number of rotatable bonds is 4. The van der Waals surface area contributed by atoms with E-state index in [-0.39, 0.29) is 0 Å². The van der Waals surface area contributed by atoms with Crippen molar-refractivity contribution in [3.8, 4) is 0 Å². The van der Waals surface area contributed by atoms with Gasteiger partial charge >= 0.3 is 0 Å². The Bertz CT molecular complexity index is 809. The van der Waals surface area contributed by atoms with Crippen LogP contribution in [0.4, 0.5) is 5.82 Å². The summed E-state index contributed by atoms with van der Waals surface area (Å²) >= 11 is 7.61. The van der Waals surface area contributed by atoms with E-state index in [1.54, 1.807) is 17.7 Å². The van der Waals surface area contributed by atoms with E-state index in [4.69, 9.17) is 11.6 Å². The van der Waals surface area contributed by atoms with Gasteiger partial charge in [-0.05, 0) is 42.0 Å². The molecule has 0 bridgehead atoms. The van der Waals surface area contributed by atoms with Crippen LogP contribution in [0, 0.1) is 0 Å². The summed E-state index contributed by atoms with van der Waals surface area (Å²) in [6.45, 7) is 3.18. The molecule has 0 saturated carbocycles. The largest absolute Gasteiger partial charge is 0.367 e. The molecule has 1 N–H and O–H groups in total. The molecule has 1 aliphatic heterocycles. The molecule has 24 heavy (non-hydrogen) atoms. The Labute approximate surface area is 150 Å². The molecule has 0 aliphatic carbocycles. The highest BCUT2D eigenvalue weighted by Crippen LogP contribution is 2.26. The van der Waals surface area contributed by atoms with Crippen LogP contribution in [0.2, 0.25) is 5.02 Å². The standard InChI is InChI=1S/C18H19ClN4S/c19-14-3-1-13(2-4-14)11-23-8-5-15(6-9-23)22-17-16-7-10-24-18(16)21-12-20-17/h1-4,7,10,12,15H,5-6,8-9,11H2,(H,20,21,22). The van der Waals surface area contributed by atoms with E-state index in [0.717, 1.165) is 53.5 Å². The third-order valence-electron chi connectivity index (χ3n) is 4.51. The van der Waals surface area contributed by atoms with Crippen molar-refractivity contribution in [1.82, 2.24) is 14.9 Å². The van der Waals surface area contributed by atoms with Crippen molar-refractivity contribution in [1.29, 1.82) is 0 Å². The second-order valence-electron chi connectivity index (χ2n) is 6.18. The lowest BCUT2D eigenvalue weighted by Crippen LogP contribution is -2.38.